The molecule has 0 aromatic heterocycles. The molecule has 23 heavy (non-hydrogen) atoms. The highest BCUT2D eigenvalue weighted by atomic mass is 35.5. The van der Waals surface area contributed by atoms with Crippen LogP contribution in [-0.4, -0.2) is 61.3 Å². The summed E-state index contributed by atoms with van der Waals surface area (Å²) < 4.78 is 24.6. The molecule has 0 unspecified atom stereocenters. The SMILES string of the molecule is CN=C(NCC(F)F)N1CCN(Cc2ccc(Cl)cc2)C(=O)C1. The maximum atomic E-state index is 12.3. The minimum Gasteiger partial charge on any atom is -0.350 e. The van der Waals surface area contributed by atoms with Gasteiger partial charge in [-0.2, -0.15) is 0 Å². The Morgan fingerprint density at radius 2 is 2.04 bits per heavy atom. The van der Waals surface area contributed by atoms with Crippen LogP contribution in [0.2, 0.25) is 5.02 Å². The van der Waals surface area contributed by atoms with E-state index in [2.05, 4.69) is 10.3 Å². The van der Waals surface area contributed by atoms with Gasteiger partial charge in [0.2, 0.25) is 5.91 Å². The number of carbonyl (C=O) groups excluding carboxylic acids is 1. The summed E-state index contributed by atoms with van der Waals surface area (Å²) in [6.45, 7) is 1.20. The van der Waals surface area contributed by atoms with Crippen LogP contribution in [0.5, 0.6) is 0 Å². The summed E-state index contributed by atoms with van der Waals surface area (Å²) in [5.74, 6) is 0.260. The molecule has 1 heterocycles. The molecule has 1 saturated heterocycles. The van der Waals surface area contributed by atoms with Crippen molar-refractivity contribution in [2.75, 3.05) is 33.2 Å². The maximum absolute atomic E-state index is 12.3. The fourth-order valence-electron chi connectivity index (χ4n) is 2.37. The zero-order valence-electron chi connectivity index (χ0n) is 12.8. The van der Waals surface area contributed by atoms with Crippen LogP contribution in [0.25, 0.3) is 0 Å². The average Bonchev–Trinajstić information content (AvgIpc) is 2.52. The molecule has 126 valence electrons. The lowest BCUT2D eigenvalue weighted by Gasteiger charge is -2.36. The van der Waals surface area contributed by atoms with Gasteiger partial charge < -0.3 is 15.1 Å². The summed E-state index contributed by atoms with van der Waals surface area (Å²) in [6.07, 6.45) is -2.46. The van der Waals surface area contributed by atoms with Crippen molar-refractivity contribution < 1.29 is 13.6 Å². The molecule has 5 nitrogen and oxygen atoms in total. The fourth-order valence-corrected chi connectivity index (χ4v) is 2.49. The van der Waals surface area contributed by atoms with Gasteiger partial charge in [0.1, 0.15) is 0 Å². The van der Waals surface area contributed by atoms with Crippen LogP contribution in [0.1, 0.15) is 5.56 Å². The van der Waals surface area contributed by atoms with Crippen LogP contribution in [0.3, 0.4) is 0 Å². The molecule has 2 rings (SSSR count). The van der Waals surface area contributed by atoms with Crippen molar-refractivity contribution in [1.29, 1.82) is 0 Å². The summed E-state index contributed by atoms with van der Waals surface area (Å²) in [5.41, 5.74) is 0.997. The largest absolute Gasteiger partial charge is 0.350 e. The lowest BCUT2D eigenvalue weighted by Crippen LogP contribution is -2.55. The van der Waals surface area contributed by atoms with Crippen molar-refractivity contribution in [3.8, 4) is 0 Å². The van der Waals surface area contributed by atoms with E-state index in [1.54, 1.807) is 21.9 Å². The summed E-state index contributed by atoms with van der Waals surface area (Å²) in [6, 6.07) is 7.33. The number of hydrogen-bond donors (Lipinski definition) is 1. The van der Waals surface area contributed by atoms with Gasteiger partial charge in [-0.1, -0.05) is 23.7 Å². The van der Waals surface area contributed by atoms with Gasteiger partial charge in [0.25, 0.3) is 6.43 Å². The van der Waals surface area contributed by atoms with E-state index in [0.717, 1.165) is 5.56 Å². The standard InChI is InChI=1S/C15H19ClF2N4O/c1-19-15(20-8-13(17)18)22-7-6-21(14(23)10-22)9-11-2-4-12(16)5-3-11/h2-5,13H,6-10H2,1H3,(H,19,20). The van der Waals surface area contributed by atoms with Crippen molar-refractivity contribution in [2.45, 2.75) is 13.0 Å². The van der Waals surface area contributed by atoms with Crippen molar-refractivity contribution >= 4 is 23.5 Å². The topological polar surface area (TPSA) is 47.9 Å². The van der Waals surface area contributed by atoms with Gasteiger partial charge in [0.05, 0.1) is 13.1 Å². The number of nitrogens with zero attached hydrogens (tertiary/aromatic N) is 3. The van der Waals surface area contributed by atoms with Gasteiger partial charge in [0.15, 0.2) is 5.96 Å². The normalized spacial score (nSPS) is 16.2. The van der Waals surface area contributed by atoms with Crippen molar-refractivity contribution in [1.82, 2.24) is 15.1 Å². The van der Waals surface area contributed by atoms with Crippen LogP contribution < -0.4 is 5.32 Å². The number of carbonyl (C=O) groups is 1. The summed E-state index contributed by atoms with van der Waals surface area (Å²) >= 11 is 5.84. The van der Waals surface area contributed by atoms with Gasteiger partial charge in [0, 0.05) is 31.7 Å². The Labute approximate surface area is 138 Å². The molecule has 1 fully saturated rings. The van der Waals surface area contributed by atoms with E-state index in [4.69, 9.17) is 11.6 Å². The highest BCUT2D eigenvalue weighted by molar-refractivity contribution is 6.30. The Morgan fingerprint density at radius 1 is 1.35 bits per heavy atom. The highest BCUT2D eigenvalue weighted by Crippen LogP contribution is 2.13. The van der Waals surface area contributed by atoms with Crippen LogP contribution >= 0.6 is 11.6 Å². The maximum Gasteiger partial charge on any atom is 0.255 e. The Hall–Kier alpha value is -1.89. The smallest absolute Gasteiger partial charge is 0.255 e. The predicted octanol–water partition coefficient (Wildman–Crippen LogP) is 1.82. The van der Waals surface area contributed by atoms with Crippen LogP contribution in [0, 0.1) is 0 Å². The van der Waals surface area contributed by atoms with E-state index >= 15 is 0 Å². The Kier molecular flexibility index (Phi) is 6.15. The number of guanidine groups is 1. The second-order valence-electron chi connectivity index (χ2n) is 5.18. The number of aliphatic imine (C=N–C) groups is 1. The van der Waals surface area contributed by atoms with Gasteiger partial charge in [-0.25, -0.2) is 8.78 Å². The molecule has 0 saturated carbocycles. The number of alkyl halides is 2. The van der Waals surface area contributed by atoms with Gasteiger partial charge in [-0.3, -0.25) is 9.79 Å². The molecular weight excluding hydrogens is 326 g/mol. The van der Waals surface area contributed by atoms with E-state index < -0.39 is 13.0 Å². The molecule has 1 aromatic carbocycles. The lowest BCUT2D eigenvalue weighted by molar-refractivity contribution is -0.135. The second-order valence-corrected chi connectivity index (χ2v) is 5.62. The molecule has 1 N–H and O–H groups in total. The number of nitrogens with one attached hydrogen (secondary N) is 1. The second kappa shape index (κ2) is 8.10. The van der Waals surface area contributed by atoms with Gasteiger partial charge >= 0.3 is 0 Å². The number of piperazine rings is 1. The third-order valence-electron chi connectivity index (χ3n) is 3.53. The predicted molar refractivity (Wildman–Crippen MR) is 85.8 cm³/mol. The Balaban J connectivity index is 1.91. The minimum atomic E-state index is -2.46. The fraction of sp³-hybridized carbons (Fsp3) is 0.467. The molecule has 0 radical (unpaired) electrons. The van der Waals surface area contributed by atoms with E-state index in [-0.39, 0.29) is 12.5 Å². The third kappa shape index (κ3) is 5.06. The molecule has 0 bridgehead atoms. The first-order valence-electron chi connectivity index (χ1n) is 7.25. The first-order chi connectivity index (χ1) is 11.0. The van der Waals surface area contributed by atoms with E-state index in [1.807, 2.05) is 12.1 Å². The summed E-state index contributed by atoms with van der Waals surface area (Å²) in [4.78, 5) is 19.6. The van der Waals surface area contributed by atoms with Crippen molar-refractivity contribution in [3.05, 3.63) is 34.9 Å². The molecule has 1 aliphatic heterocycles. The number of rotatable bonds is 4. The molecule has 0 spiro atoms. The Morgan fingerprint density at radius 3 is 2.61 bits per heavy atom. The highest BCUT2D eigenvalue weighted by Gasteiger charge is 2.26. The van der Waals surface area contributed by atoms with E-state index in [9.17, 15) is 13.6 Å². The van der Waals surface area contributed by atoms with Gasteiger partial charge in [-0.05, 0) is 17.7 Å². The number of benzene rings is 1. The molecule has 1 aromatic rings. The molecule has 1 aliphatic rings. The first kappa shape index (κ1) is 17.5. The zero-order chi connectivity index (χ0) is 16.8. The third-order valence-corrected chi connectivity index (χ3v) is 3.78. The van der Waals surface area contributed by atoms with Crippen LogP contribution in [0.4, 0.5) is 8.78 Å². The van der Waals surface area contributed by atoms with Crippen molar-refractivity contribution in [2.24, 2.45) is 4.99 Å². The summed E-state index contributed by atoms with van der Waals surface area (Å²) in [7, 11) is 1.51. The van der Waals surface area contributed by atoms with Crippen molar-refractivity contribution in [3.63, 3.8) is 0 Å². The molecular formula is C15H19ClF2N4O. The van der Waals surface area contributed by atoms with E-state index in [0.29, 0.717) is 30.6 Å². The quantitative estimate of drug-likeness (QED) is 0.669. The molecule has 8 heteroatoms. The summed E-state index contributed by atoms with van der Waals surface area (Å²) in [5, 5.41) is 3.22. The number of hydrogen-bond acceptors (Lipinski definition) is 2. The van der Waals surface area contributed by atoms with Crippen LogP contribution in [-0.2, 0) is 11.3 Å². The average molecular weight is 345 g/mol. The van der Waals surface area contributed by atoms with Crippen LogP contribution in [0.15, 0.2) is 29.3 Å². The lowest BCUT2D eigenvalue weighted by atomic mass is 10.2. The molecule has 1 amide bonds. The number of halogens is 3. The monoisotopic (exact) mass is 344 g/mol. The Bertz CT molecular complexity index is 565. The first-order valence-corrected chi connectivity index (χ1v) is 7.63. The van der Waals surface area contributed by atoms with E-state index in [1.165, 1.54) is 7.05 Å². The molecule has 0 aliphatic carbocycles. The minimum absolute atomic E-state index is 0.0637. The van der Waals surface area contributed by atoms with Gasteiger partial charge in [-0.15, -0.1) is 0 Å². The number of amides is 1. The zero-order valence-corrected chi connectivity index (χ0v) is 13.6. The molecule has 0 atom stereocenters.